The summed E-state index contributed by atoms with van der Waals surface area (Å²) < 4.78 is 0. The van der Waals surface area contributed by atoms with Gasteiger partial charge in [0, 0.05) is 48.0 Å². The Labute approximate surface area is 155 Å². The number of nitrogens with one attached hydrogen (secondary N) is 2. The number of rotatable bonds is 3. The molecule has 2 aromatic heterocycles. The second-order valence-electron chi connectivity index (χ2n) is 6.55. The van der Waals surface area contributed by atoms with E-state index in [9.17, 15) is 9.59 Å². The third-order valence-electron chi connectivity index (χ3n) is 4.74. The number of H-pyrrole nitrogens is 1. The highest BCUT2D eigenvalue weighted by molar-refractivity contribution is 5.98. The first kappa shape index (κ1) is 16.8. The highest BCUT2D eigenvalue weighted by Gasteiger charge is 2.28. The van der Waals surface area contributed by atoms with Gasteiger partial charge in [-0.05, 0) is 42.8 Å². The Bertz CT molecular complexity index is 1020. The second kappa shape index (κ2) is 6.92. The number of benzene rings is 1. The molecule has 3 aromatic rings. The number of hydrogen-bond acceptors (Lipinski definition) is 4. The van der Waals surface area contributed by atoms with Crippen LogP contribution >= 0.6 is 0 Å². The van der Waals surface area contributed by atoms with Gasteiger partial charge in [-0.2, -0.15) is 5.26 Å². The lowest BCUT2D eigenvalue weighted by atomic mass is 10.1. The zero-order chi connectivity index (χ0) is 18.8. The topological polar surface area (TPSA) is 102 Å². The Morgan fingerprint density at radius 2 is 2.07 bits per heavy atom. The van der Waals surface area contributed by atoms with E-state index >= 15 is 0 Å². The number of carbonyl (C=O) groups is 2. The van der Waals surface area contributed by atoms with E-state index in [2.05, 4.69) is 15.3 Å². The van der Waals surface area contributed by atoms with Crippen LogP contribution in [0.1, 0.15) is 32.8 Å². The van der Waals surface area contributed by atoms with E-state index < -0.39 is 0 Å². The number of amides is 2. The molecule has 0 saturated carbocycles. The molecule has 7 nitrogen and oxygen atoms in total. The number of aromatic amines is 1. The van der Waals surface area contributed by atoms with Gasteiger partial charge >= 0.3 is 0 Å². The van der Waals surface area contributed by atoms with Crippen LogP contribution in [0.2, 0.25) is 0 Å². The molecule has 7 heteroatoms. The van der Waals surface area contributed by atoms with Crippen molar-refractivity contribution in [2.75, 3.05) is 13.1 Å². The van der Waals surface area contributed by atoms with Crippen LogP contribution in [-0.4, -0.2) is 45.8 Å². The van der Waals surface area contributed by atoms with Crippen LogP contribution in [0.4, 0.5) is 0 Å². The van der Waals surface area contributed by atoms with E-state index in [-0.39, 0.29) is 17.9 Å². The van der Waals surface area contributed by atoms with Gasteiger partial charge in [-0.25, -0.2) is 0 Å². The van der Waals surface area contributed by atoms with Crippen LogP contribution in [0.3, 0.4) is 0 Å². The SMILES string of the molecule is N#Cc1ccc(C(=O)N2CCC(NC(=O)c3cc4cnccc4[nH]3)C2)cc1. The van der Waals surface area contributed by atoms with Gasteiger partial charge in [-0.1, -0.05) is 0 Å². The third kappa shape index (κ3) is 3.37. The molecule has 1 fully saturated rings. The average Bonchev–Trinajstić information content (AvgIpc) is 3.34. The van der Waals surface area contributed by atoms with Crippen LogP contribution in [0.25, 0.3) is 10.9 Å². The Morgan fingerprint density at radius 3 is 2.81 bits per heavy atom. The van der Waals surface area contributed by atoms with E-state index in [4.69, 9.17) is 5.26 Å². The van der Waals surface area contributed by atoms with E-state index in [1.165, 1.54) is 0 Å². The van der Waals surface area contributed by atoms with E-state index in [0.717, 1.165) is 10.9 Å². The van der Waals surface area contributed by atoms with E-state index in [1.54, 1.807) is 47.6 Å². The Kier molecular flexibility index (Phi) is 4.30. The number of pyridine rings is 1. The maximum Gasteiger partial charge on any atom is 0.268 e. The van der Waals surface area contributed by atoms with E-state index in [1.807, 2.05) is 12.1 Å². The summed E-state index contributed by atoms with van der Waals surface area (Å²) in [6.07, 6.45) is 4.08. The first-order chi connectivity index (χ1) is 13.1. The molecular formula is C20H17N5O2. The number of likely N-dealkylation sites (tertiary alicyclic amines) is 1. The molecule has 1 atom stereocenters. The number of carbonyl (C=O) groups excluding carboxylic acids is 2. The summed E-state index contributed by atoms with van der Waals surface area (Å²) in [5.74, 6) is -0.281. The minimum atomic E-state index is -0.191. The van der Waals surface area contributed by atoms with Crippen molar-refractivity contribution in [1.29, 1.82) is 5.26 Å². The quantitative estimate of drug-likeness (QED) is 0.747. The molecule has 0 spiro atoms. The van der Waals surface area contributed by atoms with Crippen LogP contribution in [0, 0.1) is 11.3 Å². The maximum atomic E-state index is 12.6. The molecule has 134 valence electrons. The highest BCUT2D eigenvalue weighted by Crippen LogP contribution is 2.17. The smallest absolute Gasteiger partial charge is 0.268 e. The molecule has 27 heavy (non-hydrogen) atoms. The molecule has 2 N–H and O–H groups in total. The summed E-state index contributed by atoms with van der Waals surface area (Å²) in [4.78, 5) is 33.9. The lowest BCUT2D eigenvalue weighted by Crippen LogP contribution is -2.38. The molecule has 1 unspecified atom stereocenters. The Balaban J connectivity index is 1.39. The number of fused-ring (bicyclic) bond motifs is 1. The van der Waals surface area contributed by atoms with Gasteiger partial charge in [0.25, 0.3) is 11.8 Å². The zero-order valence-electron chi connectivity index (χ0n) is 14.5. The van der Waals surface area contributed by atoms with Crippen LogP contribution in [0.15, 0.2) is 48.8 Å². The van der Waals surface area contributed by atoms with Crippen molar-refractivity contribution < 1.29 is 9.59 Å². The van der Waals surface area contributed by atoms with Gasteiger partial charge in [-0.3, -0.25) is 14.6 Å². The summed E-state index contributed by atoms with van der Waals surface area (Å²) >= 11 is 0. The fourth-order valence-corrected chi connectivity index (χ4v) is 3.29. The van der Waals surface area contributed by atoms with Crippen molar-refractivity contribution in [3.8, 4) is 6.07 Å². The third-order valence-corrected chi connectivity index (χ3v) is 4.74. The van der Waals surface area contributed by atoms with Gasteiger partial charge < -0.3 is 15.2 Å². The zero-order valence-corrected chi connectivity index (χ0v) is 14.5. The fourth-order valence-electron chi connectivity index (χ4n) is 3.29. The lowest BCUT2D eigenvalue weighted by molar-refractivity contribution is 0.0783. The molecule has 4 rings (SSSR count). The van der Waals surface area contributed by atoms with Gasteiger partial charge in [0.15, 0.2) is 0 Å². The summed E-state index contributed by atoms with van der Waals surface area (Å²) in [6.45, 7) is 1.05. The Hall–Kier alpha value is -3.66. The molecule has 1 aliphatic rings. The maximum absolute atomic E-state index is 12.6. The van der Waals surface area contributed by atoms with Crippen molar-refractivity contribution in [3.63, 3.8) is 0 Å². The molecule has 1 aromatic carbocycles. The standard InChI is InChI=1S/C20H17N5O2/c21-10-13-1-3-14(4-2-13)20(27)25-8-6-16(12-25)23-19(26)18-9-15-11-22-7-5-17(15)24-18/h1-5,7,9,11,16,24H,6,8,12H2,(H,23,26). The lowest BCUT2D eigenvalue weighted by Gasteiger charge is -2.17. The monoisotopic (exact) mass is 359 g/mol. The second-order valence-corrected chi connectivity index (χ2v) is 6.55. The number of nitrogens with zero attached hydrogens (tertiary/aromatic N) is 3. The predicted octanol–water partition coefficient (Wildman–Crippen LogP) is 2.08. The van der Waals surface area contributed by atoms with Gasteiger partial charge in [-0.15, -0.1) is 0 Å². The van der Waals surface area contributed by atoms with Crippen molar-refractivity contribution >= 4 is 22.7 Å². The van der Waals surface area contributed by atoms with Gasteiger partial charge in [0.2, 0.25) is 0 Å². The molecule has 3 heterocycles. The summed E-state index contributed by atoms with van der Waals surface area (Å²) in [5, 5.41) is 12.7. The van der Waals surface area contributed by atoms with Crippen molar-refractivity contribution in [3.05, 3.63) is 65.6 Å². The minimum absolute atomic E-state index is 0.0899. The van der Waals surface area contributed by atoms with Gasteiger partial charge in [0.05, 0.1) is 11.6 Å². The number of nitriles is 1. The van der Waals surface area contributed by atoms with E-state index in [0.29, 0.717) is 36.3 Å². The summed E-state index contributed by atoms with van der Waals surface area (Å²) in [7, 11) is 0. The van der Waals surface area contributed by atoms with Crippen LogP contribution < -0.4 is 5.32 Å². The average molecular weight is 359 g/mol. The fraction of sp³-hybridized carbons (Fsp3) is 0.200. The van der Waals surface area contributed by atoms with Crippen molar-refractivity contribution in [1.82, 2.24) is 20.2 Å². The van der Waals surface area contributed by atoms with Crippen LogP contribution in [-0.2, 0) is 0 Å². The molecule has 0 radical (unpaired) electrons. The first-order valence-corrected chi connectivity index (χ1v) is 8.67. The van der Waals surface area contributed by atoms with Crippen molar-refractivity contribution in [2.45, 2.75) is 12.5 Å². The first-order valence-electron chi connectivity index (χ1n) is 8.67. The molecule has 2 amide bonds. The summed E-state index contributed by atoms with van der Waals surface area (Å²) in [5.41, 5.74) is 2.41. The number of hydrogen-bond donors (Lipinski definition) is 2. The molecule has 0 aliphatic carbocycles. The summed E-state index contributed by atoms with van der Waals surface area (Å²) in [6, 6.07) is 12.1. The minimum Gasteiger partial charge on any atom is -0.350 e. The normalized spacial score (nSPS) is 16.3. The van der Waals surface area contributed by atoms with Crippen molar-refractivity contribution in [2.24, 2.45) is 0 Å². The predicted molar refractivity (Wildman–Crippen MR) is 99.0 cm³/mol. The van der Waals surface area contributed by atoms with Crippen LogP contribution in [0.5, 0.6) is 0 Å². The number of aromatic nitrogens is 2. The molecule has 0 bridgehead atoms. The largest absolute Gasteiger partial charge is 0.350 e. The molecular weight excluding hydrogens is 342 g/mol. The highest BCUT2D eigenvalue weighted by atomic mass is 16.2. The Morgan fingerprint density at radius 1 is 1.26 bits per heavy atom. The molecule has 1 aliphatic heterocycles. The molecule has 1 saturated heterocycles. The van der Waals surface area contributed by atoms with Gasteiger partial charge in [0.1, 0.15) is 5.69 Å².